The van der Waals surface area contributed by atoms with Crippen LogP contribution in [0.2, 0.25) is 0 Å². The lowest BCUT2D eigenvalue weighted by molar-refractivity contribution is 0.669. The molecule has 13 aromatic rings. The van der Waals surface area contributed by atoms with E-state index in [-0.39, 0.29) is 0 Å². The Kier molecular flexibility index (Phi) is 6.47. The van der Waals surface area contributed by atoms with Crippen LogP contribution >= 0.6 is 0 Å². The highest BCUT2D eigenvalue weighted by atomic mass is 16.3. The van der Waals surface area contributed by atoms with Crippen LogP contribution in [0, 0.1) is 0 Å². The van der Waals surface area contributed by atoms with Gasteiger partial charge in [-0.3, -0.25) is 0 Å². The molecule has 12 aromatic carbocycles. The molecule has 0 unspecified atom stereocenters. The van der Waals surface area contributed by atoms with E-state index in [0.717, 1.165) is 39.0 Å². The van der Waals surface area contributed by atoms with Crippen LogP contribution in [0.15, 0.2) is 205 Å². The maximum Gasteiger partial charge on any atom is 0.135 e. The van der Waals surface area contributed by atoms with Gasteiger partial charge in [0.2, 0.25) is 0 Å². The molecule has 268 valence electrons. The monoisotopic (exact) mass is 735 g/mol. The molecule has 58 heavy (non-hydrogen) atoms. The molecule has 1 heterocycles. The lowest BCUT2D eigenvalue weighted by Gasteiger charge is -2.27. The molecule has 0 bridgehead atoms. The van der Waals surface area contributed by atoms with E-state index < -0.39 is 0 Å². The average Bonchev–Trinajstić information content (AvgIpc) is 3.66. The van der Waals surface area contributed by atoms with E-state index in [4.69, 9.17) is 4.42 Å². The molecule has 0 aliphatic rings. The molecule has 13 rings (SSSR count). The molecule has 0 radical (unpaired) electrons. The fourth-order valence-corrected chi connectivity index (χ4v) is 9.96. The molecule has 0 aliphatic heterocycles. The van der Waals surface area contributed by atoms with Gasteiger partial charge in [-0.2, -0.15) is 0 Å². The summed E-state index contributed by atoms with van der Waals surface area (Å²) in [5.41, 5.74) is 7.46. The van der Waals surface area contributed by atoms with Gasteiger partial charge in [-0.25, -0.2) is 0 Å². The molecule has 0 fully saturated rings. The second-order valence-electron chi connectivity index (χ2n) is 15.6. The standard InChI is InChI=1S/C56H33NO/c1-2-14-43-34(9-1)10-5-16-44(43)35-25-27-40(28-26-35)57(41-29-30-52-49(32-41)45-15-3-4-20-51(45)58-52)42-31-39-24-23-38-12-7-18-47-46-17-6-11-36-21-22-37-13-8-19-48(55(37)53(36)46)50(33-42)56(39)54(38)47/h1-33H. The molecule has 0 aliphatic carbocycles. The predicted octanol–water partition coefficient (Wildman–Crippen LogP) is 16.2. The van der Waals surface area contributed by atoms with Crippen LogP contribution in [0.5, 0.6) is 0 Å². The van der Waals surface area contributed by atoms with Gasteiger partial charge >= 0.3 is 0 Å². The largest absolute Gasteiger partial charge is 0.456 e. The molecule has 2 heteroatoms. The van der Waals surface area contributed by atoms with Crippen LogP contribution in [-0.4, -0.2) is 0 Å². The van der Waals surface area contributed by atoms with Crippen molar-refractivity contribution >= 4 is 114 Å². The summed E-state index contributed by atoms with van der Waals surface area (Å²) in [5, 5.41) is 20.0. The van der Waals surface area contributed by atoms with Crippen molar-refractivity contribution in [3.05, 3.63) is 200 Å². The Morgan fingerprint density at radius 3 is 1.50 bits per heavy atom. The van der Waals surface area contributed by atoms with E-state index in [1.54, 1.807) is 0 Å². The number of nitrogens with zero attached hydrogens (tertiary/aromatic N) is 1. The topological polar surface area (TPSA) is 16.4 Å². The number of para-hydroxylation sites is 1. The number of hydrogen-bond donors (Lipinski definition) is 0. The Balaban J connectivity index is 1.13. The van der Waals surface area contributed by atoms with Gasteiger partial charge in [0, 0.05) is 27.8 Å². The van der Waals surface area contributed by atoms with Crippen LogP contribution in [0.1, 0.15) is 0 Å². The van der Waals surface area contributed by atoms with Gasteiger partial charge in [0.25, 0.3) is 0 Å². The molecular weight excluding hydrogens is 703 g/mol. The van der Waals surface area contributed by atoms with Crippen LogP contribution in [0.4, 0.5) is 17.1 Å². The molecular formula is C56H33NO. The van der Waals surface area contributed by atoms with Gasteiger partial charge in [-0.1, -0.05) is 152 Å². The maximum atomic E-state index is 6.34. The quantitative estimate of drug-likeness (QED) is 0.167. The summed E-state index contributed by atoms with van der Waals surface area (Å²) in [4.78, 5) is 2.42. The molecule has 1 aromatic heterocycles. The highest BCUT2D eigenvalue weighted by Crippen LogP contribution is 2.47. The summed E-state index contributed by atoms with van der Waals surface area (Å²) in [6.07, 6.45) is 0. The Hall–Kier alpha value is -7.68. The summed E-state index contributed by atoms with van der Waals surface area (Å²) < 4.78 is 6.34. The molecule has 0 saturated heterocycles. The second kappa shape index (κ2) is 11.9. The first kappa shape index (κ1) is 31.5. The van der Waals surface area contributed by atoms with Crippen LogP contribution in [0.25, 0.3) is 108 Å². The fraction of sp³-hybridized carbons (Fsp3) is 0. The van der Waals surface area contributed by atoms with Gasteiger partial charge < -0.3 is 9.32 Å². The number of rotatable bonds is 4. The SMILES string of the molecule is c1ccc2c(-c3ccc(N(c4ccc5oc6ccccc6c5c4)c4cc5ccc6cccc7c8cccc9ccc%10cccc(c(c4)c5c67)c%10c98)cc3)cccc2c1. The van der Waals surface area contributed by atoms with Crippen molar-refractivity contribution in [2.75, 3.05) is 4.90 Å². The van der Waals surface area contributed by atoms with Gasteiger partial charge in [0.05, 0.1) is 0 Å². The minimum Gasteiger partial charge on any atom is -0.456 e. The fourth-order valence-electron chi connectivity index (χ4n) is 9.96. The summed E-state index contributed by atoms with van der Waals surface area (Å²) in [6.45, 7) is 0. The van der Waals surface area contributed by atoms with Gasteiger partial charge in [0.15, 0.2) is 0 Å². The van der Waals surface area contributed by atoms with Crippen LogP contribution in [-0.2, 0) is 0 Å². The lowest BCUT2D eigenvalue weighted by Crippen LogP contribution is -2.10. The third kappa shape index (κ3) is 4.48. The molecule has 2 nitrogen and oxygen atoms in total. The molecule has 0 saturated carbocycles. The third-order valence-corrected chi connectivity index (χ3v) is 12.5. The van der Waals surface area contributed by atoms with Gasteiger partial charge in [0.1, 0.15) is 11.2 Å². The maximum absolute atomic E-state index is 6.34. The van der Waals surface area contributed by atoms with Crippen molar-refractivity contribution in [2.24, 2.45) is 0 Å². The zero-order valence-corrected chi connectivity index (χ0v) is 31.4. The highest BCUT2D eigenvalue weighted by molar-refractivity contribution is 6.37. The number of furan rings is 1. The van der Waals surface area contributed by atoms with Crippen molar-refractivity contribution < 1.29 is 4.42 Å². The summed E-state index contributed by atoms with van der Waals surface area (Å²) in [7, 11) is 0. The van der Waals surface area contributed by atoms with Crippen molar-refractivity contribution in [1.29, 1.82) is 0 Å². The Bertz CT molecular complexity index is 3790. The zero-order valence-electron chi connectivity index (χ0n) is 31.4. The van der Waals surface area contributed by atoms with Crippen molar-refractivity contribution in [1.82, 2.24) is 0 Å². The summed E-state index contributed by atoms with van der Waals surface area (Å²) in [6, 6.07) is 73.7. The minimum absolute atomic E-state index is 0.884. The highest BCUT2D eigenvalue weighted by Gasteiger charge is 2.20. The van der Waals surface area contributed by atoms with Crippen LogP contribution < -0.4 is 4.90 Å². The second-order valence-corrected chi connectivity index (χ2v) is 15.6. The Morgan fingerprint density at radius 2 is 0.776 bits per heavy atom. The minimum atomic E-state index is 0.884. The molecule has 0 spiro atoms. The first-order valence-corrected chi connectivity index (χ1v) is 20.0. The number of benzene rings is 11. The normalized spacial score (nSPS) is 12.1. The molecule has 0 amide bonds. The molecule has 0 N–H and O–H groups in total. The van der Waals surface area contributed by atoms with E-state index in [1.165, 1.54) is 86.5 Å². The predicted molar refractivity (Wildman–Crippen MR) is 248 cm³/mol. The van der Waals surface area contributed by atoms with Gasteiger partial charge in [-0.05, 0) is 135 Å². The van der Waals surface area contributed by atoms with Crippen molar-refractivity contribution in [2.45, 2.75) is 0 Å². The number of anilines is 3. The van der Waals surface area contributed by atoms with Crippen molar-refractivity contribution in [3.8, 4) is 11.1 Å². The number of fused-ring (bicyclic) bond motifs is 6. The van der Waals surface area contributed by atoms with Gasteiger partial charge in [-0.15, -0.1) is 0 Å². The first-order chi connectivity index (χ1) is 28.7. The van der Waals surface area contributed by atoms with E-state index in [9.17, 15) is 0 Å². The van der Waals surface area contributed by atoms with E-state index in [0.29, 0.717) is 0 Å². The van der Waals surface area contributed by atoms with E-state index in [1.807, 2.05) is 6.07 Å². The smallest absolute Gasteiger partial charge is 0.135 e. The Labute approximate surface area is 333 Å². The number of hydrogen-bond acceptors (Lipinski definition) is 2. The third-order valence-electron chi connectivity index (χ3n) is 12.5. The first-order valence-electron chi connectivity index (χ1n) is 20.0. The van der Waals surface area contributed by atoms with Crippen LogP contribution in [0.3, 0.4) is 0 Å². The lowest BCUT2D eigenvalue weighted by atomic mass is 9.87. The van der Waals surface area contributed by atoms with E-state index in [2.05, 4.69) is 199 Å². The van der Waals surface area contributed by atoms with Crippen molar-refractivity contribution in [3.63, 3.8) is 0 Å². The van der Waals surface area contributed by atoms with E-state index >= 15 is 0 Å². The average molecular weight is 736 g/mol. The summed E-state index contributed by atoms with van der Waals surface area (Å²) >= 11 is 0. The summed E-state index contributed by atoms with van der Waals surface area (Å²) in [5.74, 6) is 0. The Morgan fingerprint density at radius 1 is 0.276 bits per heavy atom. The zero-order chi connectivity index (χ0) is 37.9. The molecule has 0 atom stereocenters.